The molecule has 1 aromatic heterocycles. The molecule has 11 heteroatoms. The summed E-state index contributed by atoms with van der Waals surface area (Å²) in [6.07, 6.45) is -1.37. The number of nitrogens with zero attached hydrogens (tertiary/aromatic N) is 3. The van der Waals surface area contributed by atoms with Crippen molar-refractivity contribution in [2.75, 3.05) is 24.0 Å². The van der Waals surface area contributed by atoms with Crippen molar-refractivity contribution < 1.29 is 33.0 Å². The molecule has 1 aromatic carbocycles. The number of amides is 1. The molecule has 8 nitrogen and oxygen atoms in total. The summed E-state index contributed by atoms with van der Waals surface area (Å²) in [5, 5.41) is 25.8. The number of aliphatic hydroxyl groups excluding tert-OH is 1. The summed E-state index contributed by atoms with van der Waals surface area (Å²) in [5.74, 6) is -1.58. The Labute approximate surface area is 200 Å². The van der Waals surface area contributed by atoms with Crippen LogP contribution in [0.3, 0.4) is 0 Å². The molecule has 0 saturated heterocycles. The molecule has 4 rings (SSSR count). The Kier molecular flexibility index (Phi) is 7.00. The van der Waals surface area contributed by atoms with Gasteiger partial charge in [-0.3, -0.25) is 4.79 Å². The monoisotopic (exact) mass is 492 g/mol. The predicted molar refractivity (Wildman–Crippen MR) is 122 cm³/mol. The van der Waals surface area contributed by atoms with Gasteiger partial charge in [-0.1, -0.05) is 6.07 Å². The second-order valence-electron chi connectivity index (χ2n) is 9.05. The smallest absolute Gasteiger partial charge is 0.433 e. The highest BCUT2D eigenvalue weighted by Crippen LogP contribution is 2.39. The number of hydrazine groups is 1. The minimum Gasteiger partial charge on any atom is -0.478 e. The van der Waals surface area contributed by atoms with Crippen molar-refractivity contribution in [1.82, 2.24) is 9.99 Å². The normalized spacial score (nSPS) is 20.5. The lowest BCUT2D eigenvalue weighted by atomic mass is 9.86. The second-order valence-corrected chi connectivity index (χ2v) is 9.05. The maximum Gasteiger partial charge on any atom is 0.433 e. The summed E-state index contributed by atoms with van der Waals surface area (Å²) in [6, 6.07) is 6.70. The Morgan fingerprint density at radius 3 is 2.51 bits per heavy atom. The summed E-state index contributed by atoms with van der Waals surface area (Å²) in [5.41, 5.74) is 0.389. The molecule has 0 unspecified atom stereocenters. The van der Waals surface area contributed by atoms with Gasteiger partial charge in [0.15, 0.2) is 0 Å². The molecule has 1 aliphatic heterocycles. The first-order valence-corrected chi connectivity index (χ1v) is 11.4. The number of alkyl halides is 3. The number of nitrogens with one attached hydrogen (secondary N) is 1. The summed E-state index contributed by atoms with van der Waals surface area (Å²) >= 11 is 0. The number of carboxylic acid groups (broad SMARTS) is 1. The molecule has 0 radical (unpaired) electrons. The number of pyridine rings is 1. The van der Waals surface area contributed by atoms with Crippen LogP contribution in [0.25, 0.3) is 0 Å². The van der Waals surface area contributed by atoms with Crippen LogP contribution in [0.1, 0.15) is 53.0 Å². The zero-order valence-electron chi connectivity index (χ0n) is 19.2. The molecule has 1 amide bonds. The number of anilines is 2. The van der Waals surface area contributed by atoms with E-state index in [2.05, 4.69) is 15.3 Å². The van der Waals surface area contributed by atoms with Crippen LogP contribution >= 0.6 is 0 Å². The van der Waals surface area contributed by atoms with Crippen molar-refractivity contribution in [3.8, 4) is 0 Å². The van der Waals surface area contributed by atoms with Crippen LogP contribution in [0.2, 0.25) is 0 Å². The van der Waals surface area contributed by atoms with E-state index in [0.717, 1.165) is 43.0 Å². The van der Waals surface area contributed by atoms with Gasteiger partial charge in [0, 0.05) is 26.2 Å². The quantitative estimate of drug-likeness (QED) is 0.565. The minimum atomic E-state index is -4.63. The highest BCUT2D eigenvalue weighted by molar-refractivity contribution is 6.02. The van der Waals surface area contributed by atoms with Crippen LogP contribution in [0, 0.1) is 5.92 Å². The number of carbonyl (C=O) groups excluding carboxylic acids is 1. The van der Waals surface area contributed by atoms with Crippen molar-refractivity contribution in [3.63, 3.8) is 0 Å². The van der Waals surface area contributed by atoms with Crippen LogP contribution in [0.15, 0.2) is 30.3 Å². The molecule has 2 aliphatic rings. The largest absolute Gasteiger partial charge is 0.478 e. The average Bonchev–Trinajstić information content (AvgIpc) is 3.13. The first-order valence-electron chi connectivity index (χ1n) is 11.4. The molecule has 188 valence electrons. The molecular weight excluding hydrogens is 465 g/mol. The summed E-state index contributed by atoms with van der Waals surface area (Å²) in [6.45, 7) is 0.724. The molecule has 0 atom stereocenters. The van der Waals surface area contributed by atoms with Crippen molar-refractivity contribution in [2.45, 2.75) is 50.9 Å². The highest BCUT2D eigenvalue weighted by Gasteiger charge is 2.35. The highest BCUT2D eigenvalue weighted by atomic mass is 19.4. The van der Waals surface area contributed by atoms with Crippen LogP contribution in [0.5, 0.6) is 0 Å². The molecule has 1 saturated carbocycles. The number of hydrogen-bond donors (Lipinski definition) is 3. The van der Waals surface area contributed by atoms with Gasteiger partial charge in [0.05, 0.1) is 29.1 Å². The van der Waals surface area contributed by atoms with Gasteiger partial charge in [0.1, 0.15) is 5.69 Å². The minimum absolute atomic E-state index is 0.0697. The fourth-order valence-electron chi connectivity index (χ4n) is 4.85. The topological polar surface area (TPSA) is 106 Å². The van der Waals surface area contributed by atoms with Gasteiger partial charge in [0.2, 0.25) is 5.91 Å². The van der Waals surface area contributed by atoms with Crippen LogP contribution in [-0.4, -0.2) is 51.8 Å². The van der Waals surface area contributed by atoms with Crippen LogP contribution in [0.4, 0.5) is 24.5 Å². The van der Waals surface area contributed by atoms with Gasteiger partial charge in [-0.15, -0.1) is 0 Å². The van der Waals surface area contributed by atoms with E-state index < -0.39 is 30.2 Å². The fourth-order valence-corrected chi connectivity index (χ4v) is 4.85. The van der Waals surface area contributed by atoms with Crippen LogP contribution < -0.4 is 10.3 Å². The molecule has 0 bridgehead atoms. The SMILES string of the molecule is CN1c2cc(C(=O)O)c(NC(=O)Cc3cccc(C(F)(F)F)n3)cc2CN1C1CCC(CO)CC1. The van der Waals surface area contributed by atoms with Gasteiger partial charge in [0.25, 0.3) is 0 Å². The second kappa shape index (κ2) is 9.82. The van der Waals surface area contributed by atoms with E-state index in [-0.39, 0.29) is 29.6 Å². The van der Waals surface area contributed by atoms with E-state index in [9.17, 15) is 33.0 Å². The zero-order chi connectivity index (χ0) is 25.3. The zero-order valence-corrected chi connectivity index (χ0v) is 19.2. The van der Waals surface area contributed by atoms with Crippen molar-refractivity contribution in [1.29, 1.82) is 0 Å². The molecule has 1 aliphatic carbocycles. The molecule has 3 N–H and O–H groups in total. The number of aliphatic hydroxyl groups is 1. The van der Waals surface area contributed by atoms with E-state index in [4.69, 9.17) is 0 Å². The van der Waals surface area contributed by atoms with E-state index >= 15 is 0 Å². The third kappa shape index (κ3) is 5.40. The Morgan fingerprint density at radius 1 is 1.17 bits per heavy atom. The average molecular weight is 492 g/mol. The lowest BCUT2D eigenvalue weighted by Crippen LogP contribution is -2.44. The number of carbonyl (C=O) groups is 2. The molecule has 2 aromatic rings. The van der Waals surface area contributed by atoms with Gasteiger partial charge in [-0.05, 0) is 61.4 Å². The fraction of sp³-hybridized carbons (Fsp3) is 0.458. The molecule has 0 spiro atoms. The Bertz CT molecular complexity index is 1120. The number of hydrogen-bond acceptors (Lipinski definition) is 6. The Hall–Kier alpha value is -3.18. The molecule has 1 fully saturated rings. The maximum absolute atomic E-state index is 12.9. The number of rotatable bonds is 6. The number of carboxylic acids is 1. The number of fused-ring (bicyclic) bond motifs is 1. The van der Waals surface area contributed by atoms with Gasteiger partial charge in [-0.2, -0.15) is 13.2 Å². The number of aromatic carboxylic acids is 1. The molecule has 35 heavy (non-hydrogen) atoms. The third-order valence-electron chi connectivity index (χ3n) is 6.72. The summed E-state index contributed by atoms with van der Waals surface area (Å²) < 4.78 is 38.7. The van der Waals surface area contributed by atoms with Gasteiger partial charge >= 0.3 is 12.1 Å². The molecule has 2 heterocycles. The number of halogens is 3. The third-order valence-corrected chi connectivity index (χ3v) is 6.72. The van der Waals surface area contributed by atoms with E-state index in [1.807, 2.05) is 12.1 Å². The number of aromatic nitrogens is 1. The van der Waals surface area contributed by atoms with Crippen molar-refractivity contribution in [2.24, 2.45) is 5.92 Å². The van der Waals surface area contributed by atoms with Gasteiger partial charge < -0.3 is 20.5 Å². The Balaban J connectivity index is 1.51. The van der Waals surface area contributed by atoms with Crippen molar-refractivity contribution in [3.05, 3.63) is 52.8 Å². The van der Waals surface area contributed by atoms with E-state index in [0.29, 0.717) is 12.5 Å². The molecular formula is C24H27F3N4O4. The lowest BCUT2D eigenvalue weighted by Gasteiger charge is -2.38. The van der Waals surface area contributed by atoms with E-state index in [1.165, 1.54) is 18.2 Å². The summed E-state index contributed by atoms with van der Waals surface area (Å²) in [4.78, 5) is 28.0. The maximum atomic E-state index is 12.9. The number of benzene rings is 1. The first-order chi connectivity index (χ1) is 16.6. The van der Waals surface area contributed by atoms with Crippen molar-refractivity contribution >= 4 is 23.3 Å². The standard InChI is InChI=1S/C24H27F3N4O4/c1-30-20-11-18(23(34)35)19(9-15(20)12-31(30)17-7-5-14(13-32)6-8-17)29-22(33)10-16-3-2-4-21(28-16)24(25,26)27/h2-4,9,11,14,17,32H,5-8,10,12-13H2,1H3,(H,29,33)(H,34,35). The van der Waals surface area contributed by atoms with E-state index in [1.54, 1.807) is 6.07 Å². The van der Waals surface area contributed by atoms with Crippen LogP contribution in [-0.2, 0) is 23.9 Å². The summed E-state index contributed by atoms with van der Waals surface area (Å²) in [7, 11) is 1.87. The predicted octanol–water partition coefficient (Wildman–Crippen LogP) is 3.70. The Morgan fingerprint density at radius 2 is 1.89 bits per heavy atom. The lowest BCUT2D eigenvalue weighted by molar-refractivity contribution is -0.141. The first kappa shape index (κ1) is 24.9. The van der Waals surface area contributed by atoms with Gasteiger partial charge in [-0.25, -0.2) is 14.8 Å².